The van der Waals surface area contributed by atoms with E-state index in [1.165, 1.54) is 0 Å². The normalized spacial score (nSPS) is 21.1. The molecule has 2 fully saturated rings. The highest BCUT2D eigenvalue weighted by Crippen LogP contribution is 2.37. The third-order valence-corrected chi connectivity index (χ3v) is 8.26. The van der Waals surface area contributed by atoms with Crippen LogP contribution in [0.3, 0.4) is 0 Å². The van der Waals surface area contributed by atoms with Crippen LogP contribution in [0.15, 0.2) is 23.1 Å². The fourth-order valence-corrected chi connectivity index (χ4v) is 5.98. The smallest absolute Gasteiger partial charge is 0.417 e. The molecular formula is C21H26ClF3N2O5S. The van der Waals surface area contributed by atoms with E-state index in [1.807, 2.05) is 0 Å². The minimum absolute atomic E-state index is 0.0118. The van der Waals surface area contributed by atoms with Crippen molar-refractivity contribution in [3.63, 3.8) is 0 Å². The topological polar surface area (TPSA) is 84.0 Å². The third kappa shape index (κ3) is 5.81. The van der Waals surface area contributed by atoms with Gasteiger partial charge in [-0.25, -0.2) is 8.42 Å². The van der Waals surface area contributed by atoms with Crippen LogP contribution >= 0.6 is 11.6 Å². The van der Waals surface area contributed by atoms with Gasteiger partial charge in [0.2, 0.25) is 15.9 Å². The molecule has 1 aromatic rings. The van der Waals surface area contributed by atoms with E-state index < -0.39 is 37.6 Å². The number of piperidine rings is 2. The number of esters is 1. The first kappa shape index (κ1) is 25.8. The number of carbonyl (C=O) groups is 2. The minimum atomic E-state index is -4.78. The SMILES string of the molecule is CCOC(=O)[C@@H]1CCCN(C(=O)C2CCN(S(=O)(=O)c3ccc(Cl)c(C(F)(F)F)c3)CC2)C1. The number of halogens is 4. The largest absolute Gasteiger partial charge is 0.466 e. The van der Waals surface area contributed by atoms with E-state index in [-0.39, 0.29) is 56.9 Å². The first-order valence-corrected chi connectivity index (χ1v) is 12.6. The van der Waals surface area contributed by atoms with Crippen LogP contribution in [0.25, 0.3) is 0 Å². The fourth-order valence-electron chi connectivity index (χ4n) is 4.26. The van der Waals surface area contributed by atoms with Gasteiger partial charge in [-0.1, -0.05) is 11.6 Å². The molecule has 2 aliphatic heterocycles. The van der Waals surface area contributed by atoms with Crippen molar-refractivity contribution in [2.45, 2.75) is 43.7 Å². The van der Waals surface area contributed by atoms with Crippen LogP contribution < -0.4 is 0 Å². The Morgan fingerprint density at radius 2 is 1.79 bits per heavy atom. The molecule has 0 aromatic heterocycles. The lowest BCUT2D eigenvalue weighted by atomic mass is 9.93. The first-order valence-electron chi connectivity index (χ1n) is 10.8. The van der Waals surface area contributed by atoms with E-state index in [4.69, 9.17) is 16.3 Å². The van der Waals surface area contributed by atoms with Crippen LogP contribution in [0.1, 0.15) is 38.2 Å². The average molecular weight is 511 g/mol. The molecule has 12 heteroatoms. The standard InChI is InChI=1S/C21H26ClF3N2O5S/c1-2-32-20(29)15-4-3-9-26(13-15)19(28)14-7-10-27(11-8-14)33(30,31)16-5-6-18(22)17(12-16)21(23,24)25/h5-6,12,14-15H,2-4,7-11,13H2,1H3/t15-/m1/s1. The van der Waals surface area contributed by atoms with Crippen LogP contribution in [0.4, 0.5) is 13.2 Å². The summed E-state index contributed by atoms with van der Waals surface area (Å²) in [5.74, 6) is -1.23. The Morgan fingerprint density at radius 3 is 2.39 bits per heavy atom. The van der Waals surface area contributed by atoms with Crippen molar-refractivity contribution in [3.8, 4) is 0 Å². The third-order valence-electron chi connectivity index (χ3n) is 6.04. The van der Waals surface area contributed by atoms with Crippen molar-refractivity contribution >= 4 is 33.5 Å². The van der Waals surface area contributed by atoms with E-state index in [0.717, 1.165) is 16.4 Å². The number of ether oxygens (including phenoxy) is 1. The Balaban J connectivity index is 1.64. The number of nitrogens with zero attached hydrogens (tertiary/aromatic N) is 2. The fraction of sp³-hybridized carbons (Fsp3) is 0.619. The number of sulfonamides is 1. The Morgan fingerprint density at radius 1 is 1.12 bits per heavy atom. The van der Waals surface area contributed by atoms with Crippen LogP contribution in [-0.4, -0.2) is 62.3 Å². The number of amides is 1. The summed E-state index contributed by atoms with van der Waals surface area (Å²) < 4.78 is 71.4. The molecule has 0 saturated carbocycles. The van der Waals surface area contributed by atoms with Crippen molar-refractivity contribution < 1.29 is 35.9 Å². The zero-order chi connectivity index (χ0) is 24.4. The summed E-state index contributed by atoms with van der Waals surface area (Å²) in [5.41, 5.74) is -1.21. The van der Waals surface area contributed by atoms with Crippen molar-refractivity contribution in [2.24, 2.45) is 11.8 Å². The summed E-state index contributed by atoms with van der Waals surface area (Å²) in [6.07, 6.45) is -2.95. The molecule has 0 N–H and O–H groups in total. The number of benzene rings is 1. The van der Waals surface area contributed by atoms with E-state index in [9.17, 15) is 31.2 Å². The molecule has 2 saturated heterocycles. The van der Waals surface area contributed by atoms with Gasteiger partial charge in [0.05, 0.1) is 28.0 Å². The second kappa shape index (κ2) is 10.2. The maximum Gasteiger partial charge on any atom is 0.417 e. The van der Waals surface area contributed by atoms with Gasteiger partial charge in [0.1, 0.15) is 0 Å². The number of rotatable bonds is 5. The van der Waals surface area contributed by atoms with Gasteiger partial charge in [-0.05, 0) is 50.8 Å². The molecule has 33 heavy (non-hydrogen) atoms. The Kier molecular flexibility index (Phi) is 7.95. The summed E-state index contributed by atoms with van der Waals surface area (Å²) in [7, 11) is -4.17. The summed E-state index contributed by atoms with van der Waals surface area (Å²) in [4.78, 5) is 26.1. The van der Waals surface area contributed by atoms with Gasteiger partial charge in [-0.3, -0.25) is 9.59 Å². The number of likely N-dealkylation sites (tertiary alicyclic amines) is 1. The highest BCUT2D eigenvalue weighted by molar-refractivity contribution is 7.89. The molecule has 0 aliphatic carbocycles. The van der Waals surface area contributed by atoms with Gasteiger partial charge < -0.3 is 9.64 Å². The monoisotopic (exact) mass is 510 g/mol. The zero-order valence-corrected chi connectivity index (χ0v) is 19.7. The molecule has 7 nitrogen and oxygen atoms in total. The van der Waals surface area contributed by atoms with Crippen molar-refractivity contribution in [2.75, 3.05) is 32.8 Å². The van der Waals surface area contributed by atoms with Gasteiger partial charge in [0, 0.05) is 32.1 Å². The van der Waals surface area contributed by atoms with E-state index in [0.29, 0.717) is 25.5 Å². The van der Waals surface area contributed by atoms with Gasteiger partial charge >= 0.3 is 12.1 Å². The molecular weight excluding hydrogens is 485 g/mol. The van der Waals surface area contributed by atoms with Gasteiger partial charge in [-0.15, -0.1) is 0 Å². The van der Waals surface area contributed by atoms with Crippen LogP contribution in [0.2, 0.25) is 5.02 Å². The Bertz CT molecular complexity index is 994. The van der Waals surface area contributed by atoms with Crippen LogP contribution in [-0.2, 0) is 30.5 Å². The lowest BCUT2D eigenvalue weighted by molar-refractivity contribution is -0.152. The molecule has 184 valence electrons. The van der Waals surface area contributed by atoms with E-state index in [2.05, 4.69) is 0 Å². The predicted octanol–water partition coefficient (Wildman–Crippen LogP) is 3.56. The Labute approximate surface area is 195 Å². The highest BCUT2D eigenvalue weighted by atomic mass is 35.5. The summed E-state index contributed by atoms with van der Waals surface area (Å²) >= 11 is 5.59. The predicted molar refractivity (Wildman–Crippen MR) is 114 cm³/mol. The molecule has 0 bridgehead atoms. The van der Waals surface area contributed by atoms with E-state index in [1.54, 1.807) is 11.8 Å². The van der Waals surface area contributed by atoms with Crippen LogP contribution in [0.5, 0.6) is 0 Å². The molecule has 2 heterocycles. The molecule has 0 radical (unpaired) electrons. The van der Waals surface area contributed by atoms with Gasteiger partial charge in [0.15, 0.2) is 0 Å². The summed E-state index contributed by atoms with van der Waals surface area (Å²) in [6.45, 7) is 2.82. The number of alkyl halides is 3. The van der Waals surface area contributed by atoms with Crippen LogP contribution in [0, 0.1) is 11.8 Å². The zero-order valence-electron chi connectivity index (χ0n) is 18.1. The molecule has 2 aliphatic rings. The maximum atomic E-state index is 13.1. The van der Waals surface area contributed by atoms with Crippen molar-refractivity contribution in [1.29, 1.82) is 0 Å². The molecule has 3 rings (SSSR count). The lowest BCUT2D eigenvalue weighted by Gasteiger charge is -2.37. The molecule has 1 amide bonds. The highest BCUT2D eigenvalue weighted by Gasteiger charge is 2.38. The second-order valence-electron chi connectivity index (χ2n) is 8.19. The summed E-state index contributed by atoms with van der Waals surface area (Å²) in [5, 5.41) is -0.576. The van der Waals surface area contributed by atoms with Crippen molar-refractivity contribution in [3.05, 3.63) is 28.8 Å². The minimum Gasteiger partial charge on any atom is -0.466 e. The van der Waals surface area contributed by atoms with E-state index >= 15 is 0 Å². The van der Waals surface area contributed by atoms with Crippen molar-refractivity contribution in [1.82, 2.24) is 9.21 Å². The second-order valence-corrected chi connectivity index (χ2v) is 10.5. The van der Waals surface area contributed by atoms with Gasteiger partial charge in [-0.2, -0.15) is 17.5 Å². The Hall–Kier alpha value is -1.85. The summed E-state index contributed by atoms with van der Waals surface area (Å²) in [6, 6.07) is 2.51. The molecule has 0 spiro atoms. The number of carbonyl (C=O) groups excluding carboxylic acids is 2. The molecule has 1 atom stereocenters. The quantitative estimate of drug-likeness (QED) is 0.566. The number of hydrogen-bond donors (Lipinski definition) is 0. The average Bonchev–Trinajstić information content (AvgIpc) is 2.78. The lowest BCUT2D eigenvalue weighted by Crippen LogP contribution is -2.48. The van der Waals surface area contributed by atoms with Gasteiger partial charge in [0.25, 0.3) is 0 Å². The molecule has 1 aromatic carbocycles. The maximum absolute atomic E-state index is 13.1. The molecule has 0 unspecified atom stereocenters. The first-order chi connectivity index (χ1) is 15.4. The number of hydrogen-bond acceptors (Lipinski definition) is 5.